The van der Waals surface area contributed by atoms with Gasteiger partial charge in [0.15, 0.2) is 5.78 Å². The fraction of sp³-hybridized carbons (Fsp3) is 0.758. The van der Waals surface area contributed by atoms with Crippen molar-refractivity contribution in [2.24, 2.45) is 17.8 Å². The molecule has 0 aromatic carbocycles. The molecule has 3 aliphatic rings. The van der Waals surface area contributed by atoms with E-state index in [1.807, 2.05) is 6.92 Å². The first-order valence-corrected chi connectivity index (χ1v) is 15.9. The van der Waals surface area contributed by atoms with E-state index in [4.69, 9.17) is 23.7 Å². The second kappa shape index (κ2) is 18.2. The van der Waals surface area contributed by atoms with E-state index < -0.39 is 0 Å². The summed E-state index contributed by atoms with van der Waals surface area (Å²) in [5.74, 6) is -0.704. The van der Waals surface area contributed by atoms with Crippen LogP contribution in [0.4, 0.5) is 0 Å². The van der Waals surface area contributed by atoms with Crippen molar-refractivity contribution in [2.45, 2.75) is 128 Å². The van der Waals surface area contributed by atoms with Crippen LogP contribution >= 0.6 is 0 Å². The molecular weight excluding hydrogens is 540 g/mol. The predicted octanol–water partition coefficient (Wildman–Crippen LogP) is 5.78. The Kier molecular flexibility index (Phi) is 14.7. The van der Waals surface area contributed by atoms with Crippen LogP contribution in [-0.4, -0.2) is 61.3 Å². The summed E-state index contributed by atoms with van der Waals surface area (Å²) in [6.07, 6.45) is 13.0. The van der Waals surface area contributed by atoms with Crippen molar-refractivity contribution in [1.82, 2.24) is 0 Å². The van der Waals surface area contributed by atoms with Crippen LogP contribution in [0.25, 0.3) is 0 Å². The molecule has 0 aromatic heterocycles. The van der Waals surface area contributed by atoms with Crippen LogP contribution in [0, 0.1) is 17.8 Å². The van der Waals surface area contributed by atoms with Crippen LogP contribution in [-0.2, 0) is 42.9 Å². The lowest BCUT2D eigenvalue weighted by atomic mass is 9.78. The SMILES string of the molecule is C=COC(=O)CCCOC1CCC(OC(=O)C2CCC(OC(=O)C3CCC(OCCCC(=O)C=C)CC3)CC2C)CC1. The molecule has 0 bridgehead atoms. The van der Waals surface area contributed by atoms with Gasteiger partial charge in [-0.15, -0.1) is 0 Å². The lowest BCUT2D eigenvalue weighted by Crippen LogP contribution is -2.38. The molecule has 3 aliphatic carbocycles. The van der Waals surface area contributed by atoms with Crippen molar-refractivity contribution < 1.29 is 42.9 Å². The van der Waals surface area contributed by atoms with E-state index in [2.05, 4.69) is 13.2 Å². The van der Waals surface area contributed by atoms with Gasteiger partial charge in [-0.25, -0.2) is 0 Å². The molecular formula is C33H50O9. The van der Waals surface area contributed by atoms with Gasteiger partial charge in [-0.3, -0.25) is 19.2 Å². The standard InChI is InChI=1S/C33H50O9/c1-4-25(34)8-6-20-39-26-12-10-24(11-13-26)32(36)42-29-18-19-30(23(3)22-29)33(37)41-28-16-14-27(15-17-28)40-21-7-9-31(35)38-5-2/h4-5,23-24,26-30H,1-2,6-22H2,3H3. The van der Waals surface area contributed by atoms with Crippen LogP contribution in [0.1, 0.15) is 103 Å². The van der Waals surface area contributed by atoms with Gasteiger partial charge < -0.3 is 23.7 Å². The maximum atomic E-state index is 13.0. The Morgan fingerprint density at radius 1 is 0.690 bits per heavy atom. The van der Waals surface area contributed by atoms with E-state index >= 15 is 0 Å². The monoisotopic (exact) mass is 590 g/mol. The summed E-state index contributed by atoms with van der Waals surface area (Å²) in [6, 6.07) is 0. The molecule has 3 atom stereocenters. The van der Waals surface area contributed by atoms with E-state index in [9.17, 15) is 19.2 Å². The normalized spacial score (nSPS) is 29.6. The molecule has 0 spiro atoms. The molecule has 3 rings (SSSR count). The molecule has 0 radical (unpaired) electrons. The Morgan fingerprint density at radius 3 is 1.83 bits per heavy atom. The molecule has 42 heavy (non-hydrogen) atoms. The van der Waals surface area contributed by atoms with Crippen molar-refractivity contribution in [3.8, 4) is 0 Å². The van der Waals surface area contributed by atoms with Gasteiger partial charge in [0, 0.05) is 26.1 Å². The number of carbonyl (C=O) groups excluding carboxylic acids is 4. The first-order chi connectivity index (χ1) is 20.3. The molecule has 0 amide bonds. The van der Waals surface area contributed by atoms with E-state index in [1.54, 1.807) is 0 Å². The smallest absolute Gasteiger partial charge is 0.310 e. The van der Waals surface area contributed by atoms with Crippen molar-refractivity contribution in [3.05, 3.63) is 25.5 Å². The highest BCUT2D eigenvalue weighted by molar-refractivity contribution is 5.88. The Hall–Kier alpha value is -2.52. The topological polar surface area (TPSA) is 114 Å². The number of ketones is 1. The Balaban J connectivity index is 1.27. The van der Waals surface area contributed by atoms with Gasteiger partial charge in [0.1, 0.15) is 12.2 Å². The van der Waals surface area contributed by atoms with Crippen LogP contribution in [0.5, 0.6) is 0 Å². The van der Waals surface area contributed by atoms with Gasteiger partial charge in [-0.2, -0.15) is 0 Å². The average Bonchev–Trinajstić information content (AvgIpc) is 2.98. The van der Waals surface area contributed by atoms with Crippen molar-refractivity contribution in [1.29, 1.82) is 0 Å². The molecule has 9 nitrogen and oxygen atoms in total. The third-order valence-corrected chi connectivity index (χ3v) is 8.86. The summed E-state index contributed by atoms with van der Waals surface area (Å²) in [7, 11) is 0. The number of allylic oxidation sites excluding steroid dienone is 1. The zero-order valence-corrected chi connectivity index (χ0v) is 25.3. The van der Waals surface area contributed by atoms with Gasteiger partial charge >= 0.3 is 17.9 Å². The largest absolute Gasteiger partial charge is 0.462 e. The number of rotatable bonds is 16. The molecule has 0 heterocycles. The molecule has 3 fully saturated rings. The van der Waals surface area contributed by atoms with Gasteiger partial charge in [-0.1, -0.05) is 20.1 Å². The quantitative estimate of drug-likeness (QED) is 0.0725. The van der Waals surface area contributed by atoms with Crippen molar-refractivity contribution >= 4 is 23.7 Å². The third kappa shape index (κ3) is 11.6. The van der Waals surface area contributed by atoms with Gasteiger partial charge in [0.25, 0.3) is 0 Å². The minimum atomic E-state index is -0.304. The zero-order valence-electron chi connectivity index (χ0n) is 25.3. The Bertz CT molecular complexity index is 899. The summed E-state index contributed by atoms with van der Waals surface area (Å²) in [5.41, 5.74) is 0. The first-order valence-electron chi connectivity index (χ1n) is 15.9. The minimum absolute atomic E-state index is 0.0361. The summed E-state index contributed by atoms with van der Waals surface area (Å²) < 4.78 is 28.3. The van der Waals surface area contributed by atoms with Crippen molar-refractivity contribution in [3.63, 3.8) is 0 Å². The van der Waals surface area contributed by atoms with Gasteiger partial charge in [-0.05, 0) is 95.5 Å². The molecule has 3 saturated carbocycles. The number of ether oxygens (including phenoxy) is 5. The highest BCUT2D eigenvalue weighted by Gasteiger charge is 2.38. The van der Waals surface area contributed by atoms with Crippen LogP contribution in [0.15, 0.2) is 25.5 Å². The molecule has 0 saturated heterocycles. The van der Waals surface area contributed by atoms with Crippen LogP contribution in [0.2, 0.25) is 0 Å². The number of esters is 3. The van der Waals surface area contributed by atoms with E-state index in [-0.39, 0.29) is 65.9 Å². The lowest BCUT2D eigenvalue weighted by Gasteiger charge is -2.35. The molecule has 9 heteroatoms. The van der Waals surface area contributed by atoms with Gasteiger partial charge in [0.2, 0.25) is 0 Å². The molecule has 0 aromatic rings. The van der Waals surface area contributed by atoms with E-state index in [0.29, 0.717) is 58.2 Å². The minimum Gasteiger partial charge on any atom is -0.462 e. The molecule has 236 valence electrons. The van der Waals surface area contributed by atoms with E-state index in [0.717, 1.165) is 57.6 Å². The second-order valence-corrected chi connectivity index (χ2v) is 12.0. The summed E-state index contributed by atoms with van der Waals surface area (Å²) >= 11 is 0. The highest BCUT2D eigenvalue weighted by Crippen LogP contribution is 2.35. The highest BCUT2D eigenvalue weighted by atomic mass is 16.6. The summed E-state index contributed by atoms with van der Waals surface area (Å²) in [4.78, 5) is 48.5. The lowest BCUT2D eigenvalue weighted by molar-refractivity contribution is -0.165. The van der Waals surface area contributed by atoms with Crippen molar-refractivity contribution in [2.75, 3.05) is 13.2 Å². The summed E-state index contributed by atoms with van der Waals surface area (Å²) in [5, 5.41) is 0. The fourth-order valence-electron chi connectivity index (χ4n) is 6.31. The molecule has 3 unspecified atom stereocenters. The number of hydrogen-bond acceptors (Lipinski definition) is 9. The molecule has 0 N–H and O–H groups in total. The second-order valence-electron chi connectivity index (χ2n) is 12.0. The maximum absolute atomic E-state index is 13.0. The summed E-state index contributed by atoms with van der Waals surface area (Å²) in [6.45, 7) is 9.95. The number of hydrogen-bond donors (Lipinski definition) is 0. The first kappa shape index (κ1) is 34.0. The number of carbonyl (C=O) groups is 4. The zero-order chi connectivity index (χ0) is 30.3. The third-order valence-electron chi connectivity index (χ3n) is 8.86. The maximum Gasteiger partial charge on any atom is 0.310 e. The average molecular weight is 591 g/mol. The van der Waals surface area contributed by atoms with E-state index in [1.165, 1.54) is 6.08 Å². The Morgan fingerprint density at radius 2 is 1.24 bits per heavy atom. The molecule has 0 aliphatic heterocycles. The fourth-order valence-corrected chi connectivity index (χ4v) is 6.31. The Labute approximate surface area is 250 Å². The van der Waals surface area contributed by atoms with Gasteiger partial charge in [0.05, 0.1) is 30.3 Å². The predicted molar refractivity (Wildman–Crippen MR) is 156 cm³/mol. The van der Waals surface area contributed by atoms with Crippen LogP contribution in [0.3, 0.4) is 0 Å². The van der Waals surface area contributed by atoms with Crippen LogP contribution < -0.4 is 0 Å².